The van der Waals surface area contributed by atoms with Gasteiger partial charge in [-0.1, -0.05) is 35.5 Å². The van der Waals surface area contributed by atoms with Crippen molar-refractivity contribution in [3.05, 3.63) is 81.2 Å². The van der Waals surface area contributed by atoms with Gasteiger partial charge in [0, 0.05) is 11.6 Å². The highest BCUT2D eigenvalue weighted by atomic mass is 19.1. The van der Waals surface area contributed by atoms with Crippen molar-refractivity contribution < 1.29 is 18.9 Å². The Hall–Kier alpha value is -3.35. The zero-order valence-electron chi connectivity index (χ0n) is 11.6. The molecule has 1 heterocycles. The number of nitro groups is 1. The number of nitrogens with zero attached hydrogens (tertiary/aromatic N) is 2. The van der Waals surface area contributed by atoms with Crippen LogP contribution in [0.4, 0.5) is 10.1 Å². The van der Waals surface area contributed by atoms with Crippen molar-refractivity contribution in [2.45, 2.75) is 0 Å². The number of halogens is 1. The van der Waals surface area contributed by atoms with Gasteiger partial charge in [-0.15, -0.1) is 0 Å². The Morgan fingerprint density at radius 3 is 2.57 bits per heavy atom. The maximum atomic E-state index is 13.8. The van der Waals surface area contributed by atoms with Crippen LogP contribution in [0.15, 0.2) is 59.3 Å². The minimum absolute atomic E-state index is 0.00514. The first-order chi connectivity index (χ1) is 11.1. The summed E-state index contributed by atoms with van der Waals surface area (Å²) < 4.78 is 13.8. The standard InChI is InChI=1S/C16H9FN2O4/c17-13-7-3-1-5-10(13)9-12-15(18-23-16(12)20)11-6-2-4-8-14(11)19(21)22/h1-9H. The molecule has 0 fully saturated rings. The van der Waals surface area contributed by atoms with Crippen molar-refractivity contribution in [3.63, 3.8) is 0 Å². The average molecular weight is 312 g/mol. The van der Waals surface area contributed by atoms with Crippen LogP contribution in [0.5, 0.6) is 0 Å². The van der Waals surface area contributed by atoms with Gasteiger partial charge in [0.25, 0.3) is 5.69 Å². The Bertz CT molecular complexity index is 874. The first-order valence-corrected chi connectivity index (χ1v) is 6.57. The molecule has 23 heavy (non-hydrogen) atoms. The van der Waals surface area contributed by atoms with Gasteiger partial charge in [0.05, 0.1) is 16.1 Å². The minimum atomic E-state index is -0.790. The molecule has 114 valence electrons. The summed E-state index contributed by atoms with van der Waals surface area (Å²) in [5, 5.41) is 14.7. The molecule has 3 rings (SSSR count). The second-order valence-corrected chi connectivity index (χ2v) is 4.67. The number of carbonyl (C=O) groups excluding carboxylic acids is 1. The van der Waals surface area contributed by atoms with Crippen LogP contribution in [0, 0.1) is 15.9 Å². The number of hydrogen-bond acceptors (Lipinski definition) is 5. The lowest BCUT2D eigenvalue weighted by Crippen LogP contribution is -2.09. The molecule has 7 heteroatoms. The maximum absolute atomic E-state index is 13.8. The van der Waals surface area contributed by atoms with Crippen molar-refractivity contribution in [1.29, 1.82) is 0 Å². The molecule has 2 aromatic carbocycles. The Morgan fingerprint density at radius 1 is 1.13 bits per heavy atom. The van der Waals surface area contributed by atoms with E-state index in [1.165, 1.54) is 42.5 Å². The van der Waals surface area contributed by atoms with E-state index in [1.54, 1.807) is 12.1 Å². The molecule has 0 aliphatic carbocycles. The largest absolute Gasteiger partial charge is 0.368 e. The Balaban J connectivity index is 2.12. The number of oxime groups is 1. The van der Waals surface area contributed by atoms with E-state index in [1.807, 2.05) is 0 Å². The van der Waals surface area contributed by atoms with Gasteiger partial charge in [-0.25, -0.2) is 9.18 Å². The number of carbonyl (C=O) groups is 1. The summed E-state index contributed by atoms with van der Waals surface area (Å²) in [6.45, 7) is 0. The van der Waals surface area contributed by atoms with Gasteiger partial charge in [-0.3, -0.25) is 10.1 Å². The van der Waals surface area contributed by atoms with Crippen LogP contribution in [0.2, 0.25) is 0 Å². The van der Waals surface area contributed by atoms with Crippen LogP contribution in [0.25, 0.3) is 6.08 Å². The molecule has 0 N–H and O–H groups in total. The van der Waals surface area contributed by atoms with Crippen LogP contribution < -0.4 is 0 Å². The molecule has 1 aliphatic heterocycles. The van der Waals surface area contributed by atoms with E-state index < -0.39 is 16.7 Å². The van der Waals surface area contributed by atoms with Crippen molar-refractivity contribution in [2.75, 3.05) is 0 Å². The van der Waals surface area contributed by atoms with E-state index >= 15 is 0 Å². The van der Waals surface area contributed by atoms with Crippen molar-refractivity contribution >= 4 is 23.4 Å². The first-order valence-electron chi connectivity index (χ1n) is 6.57. The molecular weight excluding hydrogens is 303 g/mol. The van der Waals surface area contributed by atoms with Crippen molar-refractivity contribution in [3.8, 4) is 0 Å². The summed E-state index contributed by atoms with van der Waals surface area (Å²) in [7, 11) is 0. The highest BCUT2D eigenvalue weighted by Gasteiger charge is 2.31. The third-order valence-corrected chi connectivity index (χ3v) is 3.26. The summed E-state index contributed by atoms with van der Waals surface area (Å²) in [6.07, 6.45) is 1.26. The van der Waals surface area contributed by atoms with E-state index in [0.717, 1.165) is 0 Å². The van der Waals surface area contributed by atoms with Gasteiger partial charge in [0.2, 0.25) is 0 Å². The van der Waals surface area contributed by atoms with Crippen LogP contribution >= 0.6 is 0 Å². The van der Waals surface area contributed by atoms with Crippen molar-refractivity contribution in [2.24, 2.45) is 5.16 Å². The molecule has 2 aromatic rings. The summed E-state index contributed by atoms with van der Waals surface area (Å²) in [6, 6.07) is 11.7. The predicted octanol–water partition coefficient (Wildman–Crippen LogP) is 3.08. The number of nitro benzene ring substituents is 1. The van der Waals surface area contributed by atoms with Crippen LogP contribution in [0.1, 0.15) is 11.1 Å². The van der Waals surface area contributed by atoms with Crippen LogP contribution in [0.3, 0.4) is 0 Å². The topological polar surface area (TPSA) is 81.8 Å². The Labute approximate surface area is 129 Å². The molecular formula is C16H9FN2O4. The fraction of sp³-hybridized carbons (Fsp3) is 0. The molecule has 0 radical (unpaired) electrons. The van der Waals surface area contributed by atoms with E-state index in [-0.39, 0.29) is 28.1 Å². The van der Waals surface area contributed by atoms with E-state index in [0.29, 0.717) is 0 Å². The smallest absolute Gasteiger partial charge is 0.312 e. The molecule has 0 saturated heterocycles. The number of para-hydroxylation sites is 1. The highest BCUT2D eigenvalue weighted by molar-refractivity contribution is 6.32. The number of hydrogen-bond donors (Lipinski definition) is 0. The molecule has 0 saturated carbocycles. The molecule has 0 bridgehead atoms. The maximum Gasteiger partial charge on any atom is 0.368 e. The lowest BCUT2D eigenvalue weighted by atomic mass is 9.99. The lowest BCUT2D eigenvalue weighted by Gasteiger charge is -2.02. The van der Waals surface area contributed by atoms with Gasteiger partial charge in [0.15, 0.2) is 0 Å². The van der Waals surface area contributed by atoms with Gasteiger partial charge in [-0.05, 0) is 18.2 Å². The van der Waals surface area contributed by atoms with Gasteiger partial charge >= 0.3 is 5.97 Å². The highest BCUT2D eigenvalue weighted by Crippen LogP contribution is 2.27. The van der Waals surface area contributed by atoms with Crippen LogP contribution in [-0.4, -0.2) is 16.6 Å². The van der Waals surface area contributed by atoms with E-state index in [2.05, 4.69) is 9.99 Å². The number of benzene rings is 2. The molecule has 0 spiro atoms. The molecule has 0 amide bonds. The lowest BCUT2D eigenvalue weighted by molar-refractivity contribution is -0.385. The van der Waals surface area contributed by atoms with Gasteiger partial charge in [-0.2, -0.15) is 0 Å². The average Bonchev–Trinajstić information content (AvgIpc) is 2.90. The normalized spacial score (nSPS) is 15.4. The number of rotatable bonds is 3. The van der Waals surface area contributed by atoms with Crippen LogP contribution in [-0.2, 0) is 9.63 Å². The van der Waals surface area contributed by atoms with Crippen molar-refractivity contribution in [1.82, 2.24) is 0 Å². The molecule has 0 atom stereocenters. The summed E-state index contributed by atoms with van der Waals surface area (Å²) in [5.74, 6) is -1.32. The summed E-state index contributed by atoms with van der Waals surface area (Å²) in [4.78, 5) is 27.0. The second-order valence-electron chi connectivity index (χ2n) is 4.67. The zero-order chi connectivity index (χ0) is 16.4. The molecule has 1 aliphatic rings. The SMILES string of the molecule is O=C1ON=C(c2ccccc2[N+](=O)[O-])C1=Cc1ccccc1F. The third-order valence-electron chi connectivity index (χ3n) is 3.26. The molecule has 6 nitrogen and oxygen atoms in total. The fourth-order valence-corrected chi connectivity index (χ4v) is 2.18. The Kier molecular flexibility index (Phi) is 3.68. The van der Waals surface area contributed by atoms with E-state index in [4.69, 9.17) is 0 Å². The monoisotopic (exact) mass is 312 g/mol. The van der Waals surface area contributed by atoms with E-state index in [9.17, 15) is 19.3 Å². The minimum Gasteiger partial charge on any atom is -0.312 e. The summed E-state index contributed by atoms with van der Waals surface area (Å²) >= 11 is 0. The Morgan fingerprint density at radius 2 is 1.83 bits per heavy atom. The third kappa shape index (κ3) is 2.71. The second kappa shape index (κ2) is 5.80. The first kappa shape index (κ1) is 14.6. The van der Waals surface area contributed by atoms with Gasteiger partial charge < -0.3 is 4.84 Å². The zero-order valence-corrected chi connectivity index (χ0v) is 11.6. The van der Waals surface area contributed by atoms with Gasteiger partial charge in [0.1, 0.15) is 11.5 Å². The molecule has 0 unspecified atom stereocenters. The predicted molar refractivity (Wildman–Crippen MR) is 80.1 cm³/mol. The fourth-order valence-electron chi connectivity index (χ4n) is 2.18. The quantitative estimate of drug-likeness (QED) is 0.377. The molecule has 0 aromatic heterocycles. The summed E-state index contributed by atoms with van der Waals surface area (Å²) in [5.41, 5.74) is 0.0394.